The van der Waals surface area contributed by atoms with Crippen LogP contribution in [0.25, 0.3) is 0 Å². The van der Waals surface area contributed by atoms with E-state index in [1.807, 2.05) is 6.92 Å². The van der Waals surface area contributed by atoms with Crippen molar-refractivity contribution >= 4 is 29.3 Å². The van der Waals surface area contributed by atoms with Crippen molar-refractivity contribution in [3.63, 3.8) is 0 Å². The van der Waals surface area contributed by atoms with Crippen LogP contribution in [0.1, 0.15) is 19.8 Å². The number of nitriles is 1. The Balaban J connectivity index is 1.47. The Hall–Kier alpha value is -3.32. The number of morpholine rings is 1. The average Bonchev–Trinajstić information content (AvgIpc) is 3.12. The molecule has 0 spiro atoms. The summed E-state index contributed by atoms with van der Waals surface area (Å²) in [6, 6.07) is 3.86. The van der Waals surface area contributed by atoms with E-state index in [1.54, 1.807) is 29.6 Å². The third-order valence-corrected chi connectivity index (χ3v) is 5.34. The molecule has 4 rings (SSSR count). The third kappa shape index (κ3) is 3.69. The van der Waals surface area contributed by atoms with E-state index in [0.29, 0.717) is 56.0 Å². The fraction of sp³-hybridized carbons (Fsp3) is 0.474. The number of hydrogen-bond acceptors (Lipinski definition) is 9. The molecule has 0 aliphatic carbocycles. The average molecular weight is 394 g/mol. The van der Waals surface area contributed by atoms with Gasteiger partial charge in [-0.1, -0.05) is 6.92 Å². The molecule has 1 amide bonds. The molecule has 2 aromatic heterocycles. The number of nitrogens with one attached hydrogen (secondary N) is 1. The van der Waals surface area contributed by atoms with Crippen LogP contribution in [0.4, 0.5) is 23.4 Å². The molecule has 2 fully saturated rings. The number of nitrogens with zero attached hydrogens (tertiary/aromatic N) is 7. The number of hydrogen-bond donors (Lipinski definition) is 1. The molecule has 4 heterocycles. The molecule has 0 radical (unpaired) electrons. The van der Waals surface area contributed by atoms with Gasteiger partial charge in [0.25, 0.3) is 0 Å². The molecule has 10 heteroatoms. The quantitative estimate of drug-likeness (QED) is 0.804. The van der Waals surface area contributed by atoms with Crippen LogP contribution in [0.3, 0.4) is 0 Å². The summed E-state index contributed by atoms with van der Waals surface area (Å²) in [5.41, 5.74) is -0.311. The Morgan fingerprint density at radius 1 is 1.24 bits per heavy atom. The van der Waals surface area contributed by atoms with Crippen LogP contribution in [0.15, 0.2) is 24.7 Å². The fourth-order valence-corrected chi connectivity index (χ4v) is 3.50. The van der Waals surface area contributed by atoms with Crippen molar-refractivity contribution in [3.05, 3.63) is 24.7 Å². The number of carbonyl (C=O) groups excluding carboxylic acids is 1. The fourth-order valence-electron chi connectivity index (χ4n) is 3.50. The van der Waals surface area contributed by atoms with Crippen LogP contribution in [0.5, 0.6) is 0 Å². The maximum atomic E-state index is 12.7. The molecule has 1 N–H and O–H groups in total. The summed E-state index contributed by atoms with van der Waals surface area (Å²) in [5, 5.41) is 12.5. The van der Waals surface area contributed by atoms with E-state index in [0.717, 1.165) is 13.1 Å². The molecule has 0 bridgehead atoms. The van der Waals surface area contributed by atoms with Crippen molar-refractivity contribution in [1.29, 1.82) is 5.26 Å². The van der Waals surface area contributed by atoms with Crippen LogP contribution in [0, 0.1) is 16.7 Å². The van der Waals surface area contributed by atoms with Crippen LogP contribution in [-0.2, 0) is 9.53 Å². The van der Waals surface area contributed by atoms with Crippen molar-refractivity contribution < 1.29 is 9.53 Å². The van der Waals surface area contributed by atoms with E-state index in [-0.39, 0.29) is 5.91 Å². The lowest BCUT2D eigenvalue weighted by atomic mass is 9.85. The van der Waals surface area contributed by atoms with Gasteiger partial charge in [0.2, 0.25) is 17.8 Å². The van der Waals surface area contributed by atoms with Gasteiger partial charge in [-0.3, -0.25) is 9.69 Å². The van der Waals surface area contributed by atoms with Crippen molar-refractivity contribution in [2.24, 2.45) is 5.41 Å². The van der Waals surface area contributed by atoms with Crippen molar-refractivity contribution in [2.75, 3.05) is 48.0 Å². The highest BCUT2D eigenvalue weighted by Gasteiger charge is 2.46. The molecule has 2 aliphatic heterocycles. The summed E-state index contributed by atoms with van der Waals surface area (Å²) in [6.07, 6.45) is 5.92. The lowest BCUT2D eigenvalue weighted by Gasteiger charge is -2.26. The molecule has 0 saturated carbocycles. The molecule has 1 atom stereocenters. The van der Waals surface area contributed by atoms with E-state index >= 15 is 0 Å². The predicted molar refractivity (Wildman–Crippen MR) is 106 cm³/mol. The zero-order valence-electron chi connectivity index (χ0n) is 16.2. The number of aromatic nitrogens is 4. The Kier molecular flexibility index (Phi) is 5.22. The molecular weight excluding hydrogens is 372 g/mol. The second-order valence-corrected chi connectivity index (χ2v) is 6.99. The van der Waals surface area contributed by atoms with Gasteiger partial charge in [-0.05, 0) is 18.9 Å². The molecule has 2 saturated heterocycles. The molecule has 0 unspecified atom stereocenters. The Bertz CT molecular complexity index is 923. The number of ether oxygens (including phenoxy) is 1. The number of anilines is 4. The molecule has 2 aliphatic rings. The normalized spacial score (nSPS) is 21.9. The number of amides is 1. The van der Waals surface area contributed by atoms with Crippen molar-refractivity contribution in [2.45, 2.75) is 19.8 Å². The maximum Gasteiger partial charge on any atom is 0.248 e. The van der Waals surface area contributed by atoms with Crippen LogP contribution in [0.2, 0.25) is 0 Å². The second-order valence-electron chi connectivity index (χ2n) is 6.99. The van der Waals surface area contributed by atoms with Crippen molar-refractivity contribution in [3.8, 4) is 6.07 Å². The molecule has 2 aromatic rings. The minimum Gasteiger partial charge on any atom is -0.378 e. The van der Waals surface area contributed by atoms with Gasteiger partial charge in [0.1, 0.15) is 11.2 Å². The standard InChI is InChI=1S/C19H22N8O2/c1-2-19(13-20)4-6-27(16(19)28)15-3-5-21-17(25-15)24-14-11-22-18(23-12-14)26-7-9-29-10-8-26/h3,5,11-12H,2,4,6-10H2,1H3,(H,21,24,25)/t19-/m0/s1. The van der Waals surface area contributed by atoms with E-state index < -0.39 is 5.41 Å². The predicted octanol–water partition coefficient (Wildman–Crippen LogP) is 1.50. The SMILES string of the molecule is CC[C@@]1(C#N)CCN(c2ccnc(Nc3cnc(N4CCOCC4)nc3)n2)C1=O. The molecule has 10 nitrogen and oxygen atoms in total. The lowest BCUT2D eigenvalue weighted by molar-refractivity contribution is -0.123. The molecule has 150 valence electrons. The first-order valence-electron chi connectivity index (χ1n) is 9.63. The van der Waals surface area contributed by atoms with Gasteiger partial charge < -0.3 is 15.0 Å². The van der Waals surface area contributed by atoms with Gasteiger partial charge in [0.15, 0.2) is 0 Å². The van der Waals surface area contributed by atoms with E-state index in [2.05, 4.69) is 36.2 Å². The number of carbonyl (C=O) groups is 1. The molecular formula is C19H22N8O2. The van der Waals surface area contributed by atoms with Gasteiger partial charge >= 0.3 is 0 Å². The van der Waals surface area contributed by atoms with Gasteiger partial charge in [0.05, 0.1) is 37.4 Å². The van der Waals surface area contributed by atoms with Crippen molar-refractivity contribution in [1.82, 2.24) is 19.9 Å². The van der Waals surface area contributed by atoms with Gasteiger partial charge in [-0.15, -0.1) is 0 Å². The second kappa shape index (κ2) is 7.97. The van der Waals surface area contributed by atoms with E-state index in [9.17, 15) is 10.1 Å². The first-order chi connectivity index (χ1) is 14.1. The largest absolute Gasteiger partial charge is 0.378 e. The summed E-state index contributed by atoms with van der Waals surface area (Å²) in [4.78, 5) is 33.8. The zero-order chi connectivity index (χ0) is 20.3. The number of rotatable bonds is 5. The first kappa shape index (κ1) is 19.0. The molecule has 29 heavy (non-hydrogen) atoms. The summed E-state index contributed by atoms with van der Waals surface area (Å²) < 4.78 is 5.34. The highest BCUT2D eigenvalue weighted by Crippen LogP contribution is 2.36. The zero-order valence-corrected chi connectivity index (χ0v) is 16.2. The van der Waals surface area contributed by atoms with Crippen LogP contribution < -0.4 is 15.1 Å². The summed E-state index contributed by atoms with van der Waals surface area (Å²) >= 11 is 0. The highest BCUT2D eigenvalue weighted by molar-refractivity contribution is 6.01. The Labute approximate surface area is 168 Å². The third-order valence-electron chi connectivity index (χ3n) is 5.34. The highest BCUT2D eigenvalue weighted by atomic mass is 16.5. The first-order valence-corrected chi connectivity index (χ1v) is 9.63. The van der Waals surface area contributed by atoms with Gasteiger partial charge in [0, 0.05) is 25.8 Å². The monoisotopic (exact) mass is 394 g/mol. The summed E-state index contributed by atoms with van der Waals surface area (Å²) in [6.45, 7) is 5.20. The lowest BCUT2D eigenvalue weighted by Crippen LogP contribution is -2.37. The van der Waals surface area contributed by atoms with Crippen LogP contribution >= 0.6 is 0 Å². The smallest absolute Gasteiger partial charge is 0.248 e. The minimum absolute atomic E-state index is 0.203. The topological polar surface area (TPSA) is 120 Å². The van der Waals surface area contributed by atoms with Gasteiger partial charge in [-0.25, -0.2) is 15.0 Å². The summed E-state index contributed by atoms with van der Waals surface area (Å²) in [5.74, 6) is 1.27. The molecule has 0 aromatic carbocycles. The Morgan fingerprint density at radius 3 is 2.66 bits per heavy atom. The van der Waals surface area contributed by atoms with E-state index in [4.69, 9.17) is 4.74 Å². The van der Waals surface area contributed by atoms with Crippen LogP contribution in [-0.4, -0.2) is 58.7 Å². The minimum atomic E-state index is -0.957. The van der Waals surface area contributed by atoms with E-state index in [1.165, 1.54) is 0 Å². The summed E-state index contributed by atoms with van der Waals surface area (Å²) in [7, 11) is 0. The maximum absolute atomic E-state index is 12.7. The van der Waals surface area contributed by atoms with Gasteiger partial charge in [-0.2, -0.15) is 10.2 Å². The Morgan fingerprint density at radius 2 is 2.00 bits per heavy atom.